The van der Waals surface area contributed by atoms with Crippen LogP contribution in [0.1, 0.15) is 17.5 Å². The van der Waals surface area contributed by atoms with E-state index in [-0.39, 0.29) is 11.7 Å². The molecule has 3 nitrogen and oxygen atoms in total. The molecule has 1 N–H and O–H groups in total. The summed E-state index contributed by atoms with van der Waals surface area (Å²) in [5.41, 5.74) is 1.95. The highest BCUT2D eigenvalue weighted by Crippen LogP contribution is 2.12. The van der Waals surface area contributed by atoms with Gasteiger partial charge in [-0.1, -0.05) is 24.3 Å². The van der Waals surface area contributed by atoms with Crippen LogP contribution in [0.25, 0.3) is 0 Å². The first-order chi connectivity index (χ1) is 10.7. The lowest BCUT2D eigenvalue weighted by Gasteiger charge is -2.07. The fourth-order valence-corrected chi connectivity index (χ4v) is 2.21. The largest absolute Gasteiger partial charge is 0.497 e. The van der Waals surface area contributed by atoms with Crippen LogP contribution in [-0.2, 0) is 17.6 Å². The Morgan fingerprint density at radius 2 is 1.82 bits per heavy atom. The van der Waals surface area contributed by atoms with Crippen molar-refractivity contribution in [2.24, 2.45) is 0 Å². The molecule has 2 aromatic carbocycles. The molecule has 22 heavy (non-hydrogen) atoms. The molecule has 2 aromatic rings. The Kier molecular flexibility index (Phi) is 5.95. The minimum absolute atomic E-state index is 0.0212. The van der Waals surface area contributed by atoms with Crippen LogP contribution in [-0.4, -0.2) is 19.6 Å². The van der Waals surface area contributed by atoms with Crippen molar-refractivity contribution in [3.05, 3.63) is 65.5 Å². The Bertz CT molecular complexity index is 628. The van der Waals surface area contributed by atoms with Crippen LogP contribution in [0.5, 0.6) is 5.75 Å². The summed E-state index contributed by atoms with van der Waals surface area (Å²) in [7, 11) is 1.63. The van der Waals surface area contributed by atoms with Crippen LogP contribution in [0.2, 0.25) is 0 Å². The fraction of sp³-hybridized carbons (Fsp3) is 0.278. The van der Waals surface area contributed by atoms with Crippen molar-refractivity contribution >= 4 is 5.91 Å². The molecule has 0 bridgehead atoms. The van der Waals surface area contributed by atoms with Gasteiger partial charge in [0.05, 0.1) is 7.11 Å². The monoisotopic (exact) mass is 301 g/mol. The van der Waals surface area contributed by atoms with Gasteiger partial charge >= 0.3 is 0 Å². The van der Waals surface area contributed by atoms with E-state index in [4.69, 9.17) is 4.74 Å². The van der Waals surface area contributed by atoms with E-state index in [1.54, 1.807) is 13.2 Å². The molecule has 0 atom stereocenters. The lowest BCUT2D eigenvalue weighted by Crippen LogP contribution is -2.25. The van der Waals surface area contributed by atoms with Crippen molar-refractivity contribution in [3.8, 4) is 5.75 Å². The molecule has 0 aliphatic carbocycles. The maximum absolute atomic E-state index is 13.0. The van der Waals surface area contributed by atoms with Crippen LogP contribution >= 0.6 is 0 Å². The number of amides is 1. The molecular weight excluding hydrogens is 281 g/mol. The molecule has 0 heterocycles. The van der Waals surface area contributed by atoms with Crippen LogP contribution in [0.15, 0.2) is 48.5 Å². The number of carbonyl (C=O) groups is 1. The van der Waals surface area contributed by atoms with Gasteiger partial charge in [-0.3, -0.25) is 4.79 Å². The summed E-state index contributed by atoms with van der Waals surface area (Å²) in [6.07, 6.45) is 1.66. The van der Waals surface area contributed by atoms with Crippen molar-refractivity contribution in [3.63, 3.8) is 0 Å². The third-order valence-corrected chi connectivity index (χ3v) is 3.40. The van der Waals surface area contributed by atoms with Crippen molar-refractivity contribution in [1.82, 2.24) is 5.32 Å². The summed E-state index contributed by atoms with van der Waals surface area (Å²) >= 11 is 0. The molecule has 0 aliphatic heterocycles. The molecule has 0 spiro atoms. The molecule has 0 unspecified atom stereocenters. The summed E-state index contributed by atoms with van der Waals surface area (Å²) in [5, 5.41) is 2.88. The minimum atomic E-state index is -0.268. The Hall–Kier alpha value is -2.36. The summed E-state index contributed by atoms with van der Waals surface area (Å²) in [4.78, 5) is 11.8. The normalized spacial score (nSPS) is 10.3. The van der Waals surface area contributed by atoms with Crippen molar-refractivity contribution in [1.29, 1.82) is 0 Å². The van der Waals surface area contributed by atoms with Gasteiger partial charge in [-0.2, -0.15) is 0 Å². The van der Waals surface area contributed by atoms with E-state index >= 15 is 0 Å². The second-order valence-corrected chi connectivity index (χ2v) is 5.08. The van der Waals surface area contributed by atoms with Gasteiger partial charge in [-0.15, -0.1) is 0 Å². The topological polar surface area (TPSA) is 38.3 Å². The maximum Gasteiger partial charge on any atom is 0.220 e. The predicted octanol–water partition coefficient (Wildman–Crippen LogP) is 3.13. The first-order valence-electron chi connectivity index (χ1n) is 7.31. The standard InChI is InChI=1S/C18H20FNO2/c1-22-17-7-3-5-15(13-17)10-11-20-18(21)9-8-14-4-2-6-16(19)12-14/h2-7,12-13H,8-11H2,1H3,(H,20,21). The number of nitrogens with one attached hydrogen (secondary N) is 1. The number of methoxy groups -OCH3 is 1. The lowest BCUT2D eigenvalue weighted by molar-refractivity contribution is -0.121. The van der Waals surface area contributed by atoms with Gasteiger partial charge in [0.25, 0.3) is 0 Å². The zero-order chi connectivity index (χ0) is 15.8. The SMILES string of the molecule is COc1cccc(CCNC(=O)CCc2cccc(F)c2)c1. The number of benzene rings is 2. The molecule has 1 amide bonds. The molecule has 4 heteroatoms. The molecule has 0 fully saturated rings. The lowest BCUT2D eigenvalue weighted by atomic mass is 10.1. The molecule has 116 valence electrons. The van der Waals surface area contributed by atoms with Crippen LogP contribution < -0.4 is 10.1 Å². The second kappa shape index (κ2) is 8.17. The average Bonchev–Trinajstić information content (AvgIpc) is 2.53. The molecule has 0 saturated carbocycles. The summed E-state index contributed by atoms with van der Waals surface area (Å²) in [6.45, 7) is 0.579. The smallest absolute Gasteiger partial charge is 0.220 e. The van der Waals surface area contributed by atoms with E-state index < -0.39 is 0 Å². The van der Waals surface area contributed by atoms with Gasteiger partial charge < -0.3 is 10.1 Å². The van der Waals surface area contributed by atoms with E-state index in [2.05, 4.69) is 5.32 Å². The molecule has 0 saturated heterocycles. The van der Waals surface area contributed by atoms with Crippen molar-refractivity contribution in [2.75, 3.05) is 13.7 Å². The second-order valence-electron chi connectivity index (χ2n) is 5.08. The average molecular weight is 301 g/mol. The van der Waals surface area contributed by atoms with Crippen LogP contribution in [0.3, 0.4) is 0 Å². The van der Waals surface area contributed by atoms with Crippen molar-refractivity contribution < 1.29 is 13.9 Å². The summed E-state index contributed by atoms with van der Waals surface area (Å²) < 4.78 is 18.2. The zero-order valence-electron chi connectivity index (χ0n) is 12.6. The number of hydrogen-bond acceptors (Lipinski definition) is 2. The molecule has 0 aliphatic rings. The molecular formula is C18H20FNO2. The predicted molar refractivity (Wildman–Crippen MR) is 84.4 cm³/mol. The first kappa shape index (κ1) is 16.0. The number of aryl methyl sites for hydroxylation is 1. The van der Waals surface area contributed by atoms with E-state index in [1.165, 1.54) is 12.1 Å². The Morgan fingerprint density at radius 1 is 1.09 bits per heavy atom. The first-order valence-corrected chi connectivity index (χ1v) is 7.31. The summed E-state index contributed by atoms with van der Waals surface area (Å²) in [6, 6.07) is 14.1. The molecule has 2 rings (SSSR count). The van der Waals surface area contributed by atoms with Gasteiger partial charge in [0.15, 0.2) is 0 Å². The maximum atomic E-state index is 13.0. The number of hydrogen-bond donors (Lipinski definition) is 1. The number of ether oxygens (including phenoxy) is 1. The van der Waals surface area contributed by atoms with E-state index in [1.807, 2.05) is 30.3 Å². The zero-order valence-corrected chi connectivity index (χ0v) is 12.6. The number of halogens is 1. The van der Waals surface area contributed by atoms with Crippen LogP contribution in [0.4, 0.5) is 4.39 Å². The van der Waals surface area contributed by atoms with Gasteiger partial charge in [0.2, 0.25) is 5.91 Å². The van der Waals surface area contributed by atoms with Gasteiger partial charge in [0, 0.05) is 13.0 Å². The highest BCUT2D eigenvalue weighted by molar-refractivity contribution is 5.76. The van der Waals surface area contributed by atoms with Gasteiger partial charge in [-0.25, -0.2) is 4.39 Å². The van der Waals surface area contributed by atoms with E-state index in [9.17, 15) is 9.18 Å². The third-order valence-electron chi connectivity index (χ3n) is 3.40. The minimum Gasteiger partial charge on any atom is -0.497 e. The molecule has 0 radical (unpaired) electrons. The quantitative estimate of drug-likeness (QED) is 0.853. The van der Waals surface area contributed by atoms with E-state index in [0.29, 0.717) is 19.4 Å². The summed E-state index contributed by atoms with van der Waals surface area (Å²) in [5.74, 6) is 0.526. The fourth-order valence-electron chi connectivity index (χ4n) is 2.21. The van der Waals surface area contributed by atoms with Crippen LogP contribution in [0, 0.1) is 5.82 Å². The highest BCUT2D eigenvalue weighted by atomic mass is 19.1. The Balaban J connectivity index is 1.71. The number of carbonyl (C=O) groups excluding carboxylic acids is 1. The highest BCUT2D eigenvalue weighted by Gasteiger charge is 2.03. The Morgan fingerprint density at radius 3 is 2.55 bits per heavy atom. The van der Waals surface area contributed by atoms with E-state index in [0.717, 1.165) is 23.3 Å². The molecule has 0 aromatic heterocycles. The third kappa shape index (κ3) is 5.20. The van der Waals surface area contributed by atoms with Gasteiger partial charge in [0.1, 0.15) is 11.6 Å². The van der Waals surface area contributed by atoms with Crippen molar-refractivity contribution in [2.45, 2.75) is 19.3 Å². The number of rotatable bonds is 7. The van der Waals surface area contributed by atoms with Gasteiger partial charge in [-0.05, 0) is 48.2 Å². The Labute approximate surface area is 130 Å².